The normalized spacial score (nSPS) is 10.6. The van der Waals surface area contributed by atoms with Gasteiger partial charge in [0.05, 0.1) is 18.4 Å². The Bertz CT molecular complexity index is 1010. The van der Waals surface area contributed by atoms with Crippen LogP contribution < -0.4 is 10.1 Å². The molecule has 0 aromatic heterocycles. The second-order valence-electron chi connectivity index (χ2n) is 6.03. The third kappa shape index (κ3) is 4.65. The van der Waals surface area contributed by atoms with Crippen LogP contribution in [-0.2, 0) is 4.79 Å². The first kappa shape index (κ1) is 18.9. The molecular formula is C23H19NO4. The predicted molar refractivity (Wildman–Crippen MR) is 109 cm³/mol. The van der Waals surface area contributed by atoms with Gasteiger partial charge in [0.1, 0.15) is 5.75 Å². The fourth-order valence-corrected chi connectivity index (χ4v) is 2.70. The van der Waals surface area contributed by atoms with Crippen LogP contribution in [0.3, 0.4) is 0 Å². The number of methoxy groups -OCH3 is 1. The molecule has 1 amide bonds. The van der Waals surface area contributed by atoms with Gasteiger partial charge in [-0.1, -0.05) is 54.6 Å². The lowest BCUT2D eigenvalue weighted by Gasteiger charge is -2.09. The molecule has 0 spiro atoms. The Morgan fingerprint density at radius 3 is 2.25 bits per heavy atom. The van der Waals surface area contributed by atoms with Crippen molar-refractivity contribution in [1.29, 1.82) is 0 Å². The Balaban J connectivity index is 1.70. The fraction of sp³-hybridized carbons (Fsp3) is 0.0435. The summed E-state index contributed by atoms with van der Waals surface area (Å²) < 4.78 is 5.17. The third-order valence-corrected chi connectivity index (χ3v) is 4.15. The van der Waals surface area contributed by atoms with Gasteiger partial charge in [0, 0.05) is 6.08 Å². The Kier molecular flexibility index (Phi) is 5.87. The molecule has 0 aliphatic rings. The van der Waals surface area contributed by atoms with Gasteiger partial charge in [-0.15, -0.1) is 0 Å². The van der Waals surface area contributed by atoms with Crippen LogP contribution in [0.15, 0.2) is 78.9 Å². The van der Waals surface area contributed by atoms with E-state index in [4.69, 9.17) is 9.84 Å². The van der Waals surface area contributed by atoms with E-state index in [1.165, 1.54) is 31.4 Å². The summed E-state index contributed by atoms with van der Waals surface area (Å²) in [7, 11) is 1.45. The number of carbonyl (C=O) groups is 2. The zero-order valence-electron chi connectivity index (χ0n) is 15.3. The number of rotatable bonds is 6. The fourth-order valence-electron chi connectivity index (χ4n) is 2.70. The zero-order valence-corrected chi connectivity index (χ0v) is 15.3. The van der Waals surface area contributed by atoms with Gasteiger partial charge in [-0.2, -0.15) is 0 Å². The highest BCUT2D eigenvalue weighted by Crippen LogP contribution is 2.25. The van der Waals surface area contributed by atoms with Gasteiger partial charge < -0.3 is 15.2 Å². The van der Waals surface area contributed by atoms with Crippen molar-refractivity contribution >= 4 is 23.6 Å². The summed E-state index contributed by atoms with van der Waals surface area (Å²) in [6.07, 6.45) is 3.09. The highest BCUT2D eigenvalue weighted by atomic mass is 16.5. The summed E-state index contributed by atoms with van der Waals surface area (Å²) in [5.74, 6) is -1.07. The molecule has 28 heavy (non-hydrogen) atoms. The van der Waals surface area contributed by atoms with E-state index < -0.39 is 5.97 Å². The van der Waals surface area contributed by atoms with Crippen molar-refractivity contribution in [3.8, 4) is 16.9 Å². The molecular weight excluding hydrogens is 354 g/mol. The Morgan fingerprint density at radius 2 is 1.61 bits per heavy atom. The van der Waals surface area contributed by atoms with Gasteiger partial charge in [-0.3, -0.25) is 4.79 Å². The van der Waals surface area contributed by atoms with Crippen LogP contribution in [0.5, 0.6) is 5.75 Å². The van der Waals surface area contributed by atoms with Gasteiger partial charge in [0.15, 0.2) is 0 Å². The van der Waals surface area contributed by atoms with Crippen LogP contribution >= 0.6 is 0 Å². The molecule has 0 atom stereocenters. The lowest BCUT2D eigenvalue weighted by Crippen LogP contribution is -2.10. The number of carboxylic acids is 1. The summed E-state index contributed by atoms with van der Waals surface area (Å²) in [4.78, 5) is 23.3. The highest BCUT2D eigenvalue weighted by Gasteiger charge is 2.10. The number of hydrogen-bond donors (Lipinski definition) is 2. The Labute approximate surface area is 162 Å². The van der Waals surface area contributed by atoms with Gasteiger partial charge in [0.2, 0.25) is 5.91 Å². The molecule has 0 bridgehead atoms. The van der Waals surface area contributed by atoms with E-state index in [0.29, 0.717) is 11.4 Å². The minimum atomic E-state index is -1.08. The maximum absolute atomic E-state index is 12.2. The monoisotopic (exact) mass is 373 g/mol. The minimum Gasteiger partial charge on any atom is -0.495 e. The molecule has 0 heterocycles. The van der Waals surface area contributed by atoms with Crippen LogP contribution in [0.25, 0.3) is 17.2 Å². The largest absolute Gasteiger partial charge is 0.495 e. The van der Waals surface area contributed by atoms with Crippen molar-refractivity contribution in [3.05, 3.63) is 90.0 Å². The van der Waals surface area contributed by atoms with Crippen LogP contribution in [-0.4, -0.2) is 24.1 Å². The molecule has 0 saturated carbocycles. The molecule has 3 aromatic carbocycles. The van der Waals surface area contributed by atoms with Crippen LogP contribution in [0.2, 0.25) is 0 Å². The van der Waals surface area contributed by atoms with Crippen molar-refractivity contribution in [2.75, 3.05) is 12.4 Å². The Hall–Kier alpha value is -3.86. The maximum atomic E-state index is 12.2. The van der Waals surface area contributed by atoms with E-state index >= 15 is 0 Å². The molecule has 2 N–H and O–H groups in total. The number of aromatic carboxylic acids is 1. The number of carbonyl (C=O) groups excluding carboxylic acids is 1. The van der Waals surface area contributed by atoms with E-state index in [2.05, 4.69) is 5.32 Å². The smallest absolute Gasteiger partial charge is 0.335 e. The molecule has 0 fully saturated rings. The molecule has 5 nitrogen and oxygen atoms in total. The predicted octanol–water partition coefficient (Wildman–Crippen LogP) is 4.71. The second kappa shape index (κ2) is 8.68. The molecule has 3 aromatic rings. The van der Waals surface area contributed by atoms with E-state index in [1.807, 2.05) is 54.6 Å². The SMILES string of the molecule is COc1ccc(C(=O)O)cc1NC(=O)/C=C/c1ccc(-c2ccccc2)cc1. The maximum Gasteiger partial charge on any atom is 0.335 e. The Morgan fingerprint density at radius 1 is 0.929 bits per heavy atom. The quantitative estimate of drug-likeness (QED) is 0.614. The lowest BCUT2D eigenvalue weighted by atomic mass is 10.0. The molecule has 0 aliphatic heterocycles. The molecule has 5 heteroatoms. The number of hydrogen-bond acceptors (Lipinski definition) is 3. The summed E-state index contributed by atoms with van der Waals surface area (Å²) in [5.41, 5.74) is 3.47. The number of benzene rings is 3. The topological polar surface area (TPSA) is 75.6 Å². The highest BCUT2D eigenvalue weighted by molar-refractivity contribution is 6.03. The lowest BCUT2D eigenvalue weighted by molar-refractivity contribution is -0.111. The van der Waals surface area contributed by atoms with Gasteiger partial charge in [-0.05, 0) is 41.0 Å². The average Bonchev–Trinajstić information content (AvgIpc) is 2.73. The molecule has 0 saturated heterocycles. The standard InChI is InChI=1S/C23H19NO4/c1-28-21-13-12-19(23(26)27)15-20(21)24-22(25)14-9-16-7-10-18(11-8-16)17-5-3-2-4-6-17/h2-15H,1H3,(H,24,25)(H,26,27)/b14-9+. The number of anilines is 1. The molecule has 0 unspecified atom stereocenters. The average molecular weight is 373 g/mol. The van der Waals surface area contributed by atoms with Gasteiger partial charge in [-0.25, -0.2) is 4.79 Å². The summed E-state index contributed by atoms with van der Waals surface area (Å²) in [6.45, 7) is 0. The molecule has 3 rings (SSSR count). The van der Waals surface area contributed by atoms with Crippen molar-refractivity contribution < 1.29 is 19.4 Å². The van der Waals surface area contributed by atoms with Gasteiger partial charge >= 0.3 is 5.97 Å². The van der Waals surface area contributed by atoms with Crippen molar-refractivity contribution in [1.82, 2.24) is 0 Å². The first-order valence-corrected chi connectivity index (χ1v) is 8.62. The van der Waals surface area contributed by atoms with Gasteiger partial charge in [0.25, 0.3) is 0 Å². The first-order valence-electron chi connectivity index (χ1n) is 8.62. The first-order chi connectivity index (χ1) is 13.6. The number of nitrogens with one attached hydrogen (secondary N) is 1. The molecule has 0 radical (unpaired) electrons. The van der Waals surface area contributed by atoms with Crippen molar-refractivity contribution in [2.24, 2.45) is 0 Å². The van der Waals surface area contributed by atoms with Crippen molar-refractivity contribution in [3.63, 3.8) is 0 Å². The molecule has 140 valence electrons. The van der Waals surface area contributed by atoms with E-state index in [9.17, 15) is 9.59 Å². The molecule has 0 aliphatic carbocycles. The summed E-state index contributed by atoms with van der Waals surface area (Å²) in [5, 5.41) is 11.7. The van der Waals surface area contributed by atoms with E-state index in [-0.39, 0.29) is 11.5 Å². The minimum absolute atomic E-state index is 0.0663. The van der Waals surface area contributed by atoms with E-state index in [0.717, 1.165) is 16.7 Å². The van der Waals surface area contributed by atoms with Crippen LogP contribution in [0.4, 0.5) is 5.69 Å². The summed E-state index contributed by atoms with van der Waals surface area (Å²) in [6, 6.07) is 22.2. The number of ether oxygens (including phenoxy) is 1. The van der Waals surface area contributed by atoms with Crippen LogP contribution in [0.1, 0.15) is 15.9 Å². The third-order valence-electron chi connectivity index (χ3n) is 4.15. The number of amides is 1. The second-order valence-corrected chi connectivity index (χ2v) is 6.03. The zero-order chi connectivity index (χ0) is 19.9. The van der Waals surface area contributed by atoms with Crippen molar-refractivity contribution in [2.45, 2.75) is 0 Å². The van der Waals surface area contributed by atoms with Crippen LogP contribution in [0, 0.1) is 0 Å². The number of carboxylic acid groups (broad SMARTS) is 1. The summed E-state index contributed by atoms with van der Waals surface area (Å²) >= 11 is 0. The van der Waals surface area contributed by atoms with E-state index in [1.54, 1.807) is 6.08 Å².